The van der Waals surface area contributed by atoms with Crippen molar-refractivity contribution < 1.29 is 13.9 Å². The highest BCUT2D eigenvalue weighted by atomic mass is 32.2. The molecule has 0 aliphatic carbocycles. The van der Waals surface area contributed by atoms with Crippen LogP contribution in [0.3, 0.4) is 0 Å². The molecule has 0 radical (unpaired) electrons. The second-order valence-electron chi connectivity index (χ2n) is 4.05. The number of hydrogen-bond donors (Lipinski definition) is 1. The van der Waals surface area contributed by atoms with E-state index in [0.29, 0.717) is 11.3 Å². The molecule has 2 aromatic carbocycles. The van der Waals surface area contributed by atoms with E-state index in [0.717, 1.165) is 10.5 Å². The lowest BCUT2D eigenvalue weighted by Gasteiger charge is -2.03. The summed E-state index contributed by atoms with van der Waals surface area (Å²) in [6, 6.07) is 10.7. The Morgan fingerprint density at radius 1 is 1.00 bits per heavy atom. The summed E-state index contributed by atoms with van der Waals surface area (Å²) in [6.07, 6.45) is 0. The number of thioether (sulfide) groups is 1. The Labute approximate surface area is 120 Å². The van der Waals surface area contributed by atoms with Crippen LogP contribution in [-0.2, 0) is 5.75 Å². The van der Waals surface area contributed by atoms with Crippen molar-refractivity contribution in [2.75, 3.05) is 6.61 Å². The molecule has 20 heavy (non-hydrogen) atoms. The van der Waals surface area contributed by atoms with Crippen LogP contribution in [-0.4, -0.2) is 11.7 Å². The maximum atomic E-state index is 13.4. The van der Waals surface area contributed by atoms with E-state index in [1.165, 1.54) is 36.0 Å². The number of aliphatic hydroxyl groups excluding tert-OH is 1. The maximum Gasteiger partial charge on any atom is 0.124 e. The molecule has 2 aromatic rings. The van der Waals surface area contributed by atoms with E-state index in [-0.39, 0.29) is 18.2 Å². The molecular formula is C16H12F2OS. The first kappa shape index (κ1) is 14.6. The molecule has 0 amide bonds. The molecule has 0 aromatic heterocycles. The Balaban J connectivity index is 2.09. The van der Waals surface area contributed by atoms with Gasteiger partial charge in [-0.05, 0) is 48.0 Å². The van der Waals surface area contributed by atoms with Crippen molar-refractivity contribution in [1.29, 1.82) is 0 Å². The molecule has 0 fully saturated rings. The van der Waals surface area contributed by atoms with Gasteiger partial charge in [-0.25, -0.2) is 8.78 Å². The lowest BCUT2D eigenvalue weighted by atomic mass is 10.1. The Kier molecular flexibility index (Phi) is 5.16. The highest BCUT2D eigenvalue weighted by Crippen LogP contribution is 2.23. The monoisotopic (exact) mass is 290 g/mol. The third-order valence-electron chi connectivity index (χ3n) is 2.49. The zero-order valence-electron chi connectivity index (χ0n) is 10.6. The summed E-state index contributed by atoms with van der Waals surface area (Å²) < 4.78 is 26.2. The quantitative estimate of drug-likeness (QED) is 0.688. The molecule has 0 saturated heterocycles. The molecule has 0 aliphatic heterocycles. The zero-order chi connectivity index (χ0) is 14.4. The average molecular weight is 290 g/mol. The molecule has 102 valence electrons. The molecule has 0 unspecified atom stereocenters. The Hall–Kier alpha value is -1.83. The van der Waals surface area contributed by atoms with Crippen LogP contribution in [0.25, 0.3) is 0 Å². The second kappa shape index (κ2) is 7.09. The van der Waals surface area contributed by atoms with Gasteiger partial charge in [-0.2, -0.15) is 0 Å². The van der Waals surface area contributed by atoms with Crippen LogP contribution in [0.15, 0.2) is 47.4 Å². The fraction of sp³-hybridized carbons (Fsp3) is 0.125. The molecule has 1 N–H and O–H groups in total. The van der Waals surface area contributed by atoms with Crippen LogP contribution in [0.4, 0.5) is 8.78 Å². The molecule has 0 atom stereocenters. The van der Waals surface area contributed by atoms with Crippen molar-refractivity contribution in [3.8, 4) is 11.8 Å². The van der Waals surface area contributed by atoms with Crippen LogP contribution >= 0.6 is 11.8 Å². The van der Waals surface area contributed by atoms with E-state index in [1.807, 2.05) is 0 Å². The van der Waals surface area contributed by atoms with Crippen molar-refractivity contribution in [1.82, 2.24) is 0 Å². The molecule has 0 saturated carbocycles. The van der Waals surface area contributed by atoms with Gasteiger partial charge in [0.2, 0.25) is 0 Å². The molecule has 0 aliphatic rings. The zero-order valence-corrected chi connectivity index (χ0v) is 11.4. The smallest absolute Gasteiger partial charge is 0.124 e. The predicted octanol–water partition coefficient (Wildman–Crippen LogP) is 3.60. The first-order valence-electron chi connectivity index (χ1n) is 5.95. The lowest BCUT2D eigenvalue weighted by molar-refractivity contribution is 0.350. The van der Waals surface area contributed by atoms with E-state index in [1.54, 1.807) is 18.2 Å². The standard InChI is InChI=1S/C16H12F2OS/c17-14-3-5-16(6-4-14)20-11-13-8-12(2-1-7-19)9-15(18)10-13/h3-6,8-10,19H,7,11H2. The molecule has 4 heteroatoms. The van der Waals surface area contributed by atoms with Crippen molar-refractivity contribution in [3.63, 3.8) is 0 Å². The summed E-state index contributed by atoms with van der Waals surface area (Å²) in [6.45, 7) is -0.254. The Morgan fingerprint density at radius 3 is 2.45 bits per heavy atom. The number of benzene rings is 2. The molecule has 0 heterocycles. The maximum absolute atomic E-state index is 13.4. The van der Waals surface area contributed by atoms with Crippen LogP contribution < -0.4 is 0 Å². The van der Waals surface area contributed by atoms with Gasteiger partial charge in [0.15, 0.2) is 0 Å². The largest absolute Gasteiger partial charge is 0.384 e. The summed E-state index contributed by atoms with van der Waals surface area (Å²) in [5.41, 5.74) is 1.33. The van der Waals surface area contributed by atoms with Gasteiger partial charge in [-0.15, -0.1) is 11.8 Å². The first-order chi connectivity index (χ1) is 9.67. The summed E-state index contributed by atoms with van der Waals surface area (Å²) >= 11 is 1.49. The van der Waals surface area contributed by atoms with Crippen LogP contribution in [0.1, 0.15) is 11.1 Å². The highest BCUT2D eigenvalue weighted by molar-refractivity contribution is 7.98. The fourth-order valence-corrected chi connectivity index (χ4v) is 2.47. The Morgan fingerprint density at radius 2 is 1.75 bits per heavy atom. The van der Waals surface area contributed by atoms with Crippen molar-refractivity contribution in [2.45, 2.75) is 10.6 Å². The second-order valence-corrected chi connectivity index (χ2v) is 5.10. The van der Waals surface area contributed by atoms with Crippen molar-refractivity contribution in [2.24, 2.45) is 0 Å². The van der Waals surface area contributed by atoms with E-state index >= 15 is 0 Å². The van der Waals surface area contributed by atoms with Gasteiger partial charge < -0.3 is 5.11 Å². The number of halogens is 2. The molecular weight excluding hydrogens is 278 g/mol. The minimum atomic E-state index is -0.357. The van der Waals surface area contributed by atoms with Gasteiger partial charge >= 0.3 is 0 Å². The number of hydrogen-bond acceptors (Lipinski definition) is 2. The predicted molar refractivity (Wildman–Crippen MR) is 76.3 cm³/mol. The minimum absolute atomic E-state index is 0.254. The lowest BCUT2D eigenvalue weighted by Crippen LogP contribution is -1.87. The van der Waals surface area contributed by atoms with Crippen LogP contribution in [0, 0.1) is 23.5 Å². The third-order valence-corrected chi connectivity index (χ3v) is 3.57. The normalized spacial score (nSPS) is 9.95. The SMILES string of the molecule is OCC#Cc1cc(F)cc(CSc2ccc(F)cc2)c1. The van der Waals surface area contributed by atoms with E-state index in [4.69, 9.17) is 5.11 Å². The van der Waals surface area contributed by atoms with E-state index in [9.17, 15) is 8.78 Å². The minimum Gasteiger partial charge on any atom is -0.384 e. The number of rotatable bonds is 3. The Bertz CT molecular complexity index is 642. The molecule has 0 bridgehead atoms. The summed E-state index contributed by atoms with van der Waals surface area (Å²) in [7, 11) is 0. The van der Waals surface area contributed by atoms with Gasteiger partial charge in [-0.3, -0.25) is 0 Å². The van der Waals surface area contributed by atoms with Gasteiger partial charge in [0.05, 0.1) is 0 Å². The summed E-state index contributed by atoms with van der Waals surface area (Å²) in [5, 5.41) is 8.64. The van der Waals surface area contributed by atoms with Crippen LogP contribution in [0.2, 0.25) is 0 Å². The van der Waals surface area contributed by atoms with Crippen molar-refractivity contribution >= 4 is 11.8 Å². The molecule has 0 spiro atoms. The van der Waals surface area contributed by atoms with Gasteiger partial charge in [0, 0.05) is 16.2 Å². The van der Waals surface area contributed by atoms with E-state index in [2.05, 4.69) is 11.8 Å². The third kappa shape index (κ3) is 4.37. The highest BCUT2D eigenvalue weighted by Gasteiger charge is 2.01. The summed E-state index contributed by atoms with van der Waals surface area (Å²) in [4.78, 5) is 0.915. The number of aliphatic hydroxyl groups is 1. The topological polar surface area (TPSA) is 20.2 Å². The summed E-state index contributed by atoms with van der Waals surface area (Å²) in [5.74, 6) is 5.11. The molecule has 2 rings (SSSR count). The average Bonchev–Trinajstić information content (AvgIpc) is 2.44. The van der Waals surface area contributed by atoms with Crippen molar-refractivity contribution in [3.05, 3.63) is 65.2 Å². The van der Waals surface area contributed by atoms with Gasteiger partial charge in [0.25, 0.3) is 0 Å². The van der Waals surface area contributed by atoms with E-state index < -0.39 is 0 Å². The van der Waals surface area contributed by atoms with Crippen LogP contribution in [0.5, 0.6) is 0 Å². The van der Waals surface area contributed by atoms with Gasteiger partial charge in [-0.1, -0.05) is 11.8 Å². The van der Waals surface area contributed by atoms with Gasteiger partial charge in [0.1, 0.15) is 18.2 Å². The fourth-order valence-electron chi connectivity index (χ4n) is 1.64. The molecule has 1 nitrogen and oxygen atoms in total. The first-order valence-corrected chi connectivity index (χ1v) is 6.93.